The third-order valence-corrected chi connectivity index (χ3v) is 6.06. The zero-order valence-electron chi connectivity index (χ0n) is 16.0. The Kier molecular flexibility index (Phi) is 6.41. The molecule has 31 heavy (non-hydrogen) atoms. The highest BCUT2D eigenvalue weighted by atomic mass is 35.5. The summed E-state index contributed by atoms with van der Waals surface area (Å²) in [5, 5.41) is 15.3. The first kappa shape index (κ1) is 21.2. The van der Waals surface area contributed by atoms with Gasteiger partial charge >= 0.3 is 0 Å². The van der Waals surface area contributed by atoms with Crippen LogP contribution in [0.4, 0.5) is 11.4 Å². The number of carbonyl (C=O) groups excluding carboxylic acids is 1. The molecule has 0 fully saturated rings. The number of carbonyl (C=O) groups is 1. The molecule has 7 nitrogen and oxygen atoms in total. The van der Waals surface area contributed by atoms with Gasteiger partial charge in [-0.1, -0.05) is 53.5 Å². The molecular weight excluding hydrogens is 455 g/mol. The van der Waals surface area contributed by atoms with Gasteiger partial charge in [-0.2, -0.15) is 4.68 Å². The van der Waals surface area contributed by atoms with Crippen LogP contribution in [0.3, 0.4) is 0 Å². The van der Waals surface area contributed by atoms with E-state index in [0.29, 0.717) is 22.8 Å². The third kappa shape index (κ3) is 4.82. The molecule has 0 unspecified atom stereocenters. The number of nitrogen functional groups attached to an aromatic ring is 1. The minimum absolute atomic E-state index is 0.272. The summed E-state index contributed by atoms with van der Waals surface area (Å²) in [5.41, 5.74) is 7.87. The van der Waals surface area contributed by atoms with E-state index in [0.717, 1.165) is 10.6 Å². The van der Waals surface area contributed by atoms with Crippen LogP contribution in [0.1, 0.15) is 16.2 Å². The Hall–Kier alpha value is -3.07. The summed E-state index contributed by atoms with van der Waals surface area (Å²) in [7, 11) is 0. The number of nitrogens with one attached hydrogen (secondary N) is 1. The van der Waals surface area contributed by atoms with Crippen molar-refractivity contribution in [2.45, 2.75) is 10.6 Å². The van der Waals surface area contributed by atoms with Crippen LogP contribution in [0.5, 0.6) is 0 Å². The van der Waals surface area contributed by atoms with Crippen LogP contribution in [-0.2, 0) is 5.75 Å². The number of amides is 1. The van der Waals surface area contributed by atoms with Gasteiger partial charge in [0.1, 0.15) is 0 Å². The second kappa shape index (κ2) is 9.38. The number of aromatic nitrogens is 4. The molecule has 0 saturated heterocycles. The van der Waals surface area contributed by atoms with Crippen molar-refractivity contribution in [3.05, 3.63) is 88.2 Å². The fourth-order valence-corrected chi connectivity index (χ4v) is 4.29. The molecule has 0 radical (unpaired) electrons. The smallest absolute Gasteiger partial charge is 0.256 e. The SMILES string of the molecule is Nc1c(Cl)cc(NC(=O)c2ccccc2SCc2nnnn2-c2ccccc2)cc1Cl. The van der Waals surface area contributed by atoms with Gasteiger partial charge in [-0.05, 0) is 46.8 Å². The van der Waals surface area contributed by atoms with E-state index in [1.807, 2.05) is 42.5 Å². The summed E-state index contributed by atoms with van der Waals surface area (Å²) in [5.74, 6) is 0.859. The molecule has 0 bridgehead atoms. The van der Waals surface area contributed by atoms with Gasteiger partial charge in [0.25, 0.3) is 5.91 Å². The van der Waals surface area contributed by atoms with Crippen molar-refractivity contribution in [2.24, 2.45) is 0 Å². The normalized spacial score (nSPS) is 10.8. The molecule has 4 aromatic rings. The Bertz CT molecular complexity index is 1210. The van der Waals surface area contributed by atoms with E-state index in [2.05, 4.69) is 20.8 Å². The fraction of sp³-hybridized carbons (Fsp3) is 0.0476. The molecule has 0 saturated carbocycles. The maximum absolute atomic E-state index is 12.9. The topological polar surface area (TPSA) is 98.7 Å². The summed E-state index contributed by atoms with van der Waals surface area (Å²) in [6.45, 7) is 0. The molecule has 3 N–H and O–H groups in total. The van der Waals surface area contributed by atoms with Crippen molar-refractivity contribution in [2.75, 3.05) is 11.1 Å². The van der Waals surface area contributed by atoms with Gasteiger partial charge in [0, 0.05) is 10.6 Å². The number of rotatable bonds is 6. The first-order valence-electron chi connectivity index (χ1n) is 9.13. The lowest BCUT2D eigenvalue weighted by atomic mass is 10.2. The molecule has 1 heterocycles. The van der Waals surface area contributed by atoms with Gasteiger partial charge in [0.05, 0.1) is 32.7 Å². The number of thioether (sulfide) groups is 1. The minimum Gasteiger partial charge on any atom is -0.396 e. The van der Waals surface area contributed by atoms with Crippen molar-refractivity contribution >= 4 is 52.2 Å². The molecular formula is C21H16Cl2N6OS. The lowest BCUT2D eigenvalue weighted by Gasteiger charge is -2.11. The van der Waals surface area contributed by atoms with Gasteiger partial charge in [0.15, 0.2) is 5.82 Å². The summed E-state index contributed by atoms with van der Waals surface area (Å²) < 4.78 is 1.67. The first-order chi connectivity index (χ1) is 15.0. The Morgan fingerprint density at radius 1 is 1.03 bits per heavy atom. The standard InChI is InChI=1S/C21H16Cl2N6OS/c22-16-10-13(11-17(23)20(16)24)25-21(30)15-8-4-5-9-18(15)31-12-19-26-27-28-29(19)14-6-2-1-3-7-14/h1-11H,12,24H2,(H,25,30). The monoisotopic (exact) mass is 470 g/mol. The Labute approximate surface area is 192 Å². The van der Waals surface area contributed by atoms with E-state index >= 15 is 0 Å². The highest BCUT2D eigenvalue weighted by molar-refractivity contribution is 7.98. The van der Waals surface area contributed by atoms with Gasteiger partial charge < -0.3 is 11.1 Å². The number of hydrogen-bond acceptors (Lipinski definition) is 6. The molecule has 156 valence electrons. The summed E-state index contributed by atoms with van der Waals surface area (Å²) in [4.78, 5) is 13.7. The van der Waals surface area contributed by atoms with Crippen LogP contribution in [0.2, 0.25) is 10.0 Å². The number of tetrazole rings is 1. The quantitative estimate of drug-likeness (QED) is 0.300. The van der Waals surface area contributed by atoms with Crippen LogP contribution in [-0.4, -0.2) is 26.1 Å². The van der Waals surface area contributed by atoms with E-state index in [4.69, 9.17) is 28.9 Å². The van der Waals surface area contributed by atoms with Gasteiger partial charge in [0.2, 0.25) is 0 Å². The van der Waals surface area contributed by atoms with E-state index in [1.165, 1.54) is 11.8 Å². The molecule has 1 amide bonds. The zero-order chi connectivity index (χ0) is 21.8. The predicted molar refractivity (Wildman–Crippen MR) is 124 cm³/mol. The molecule has 0 atom stereocenters. The molecule has 0 spiro atoms. The van der Waals surface area contributed by atoms with Crippen LogP contribution in [0.25, 0.3) is 5.69 Å². The minimum atomic E-state index is -0.289. The van der Waals surface area contributed by atoms with Crippen molar-refractivity contribution in [3.63, 3.8) is 0 Å². The first-order valence-corrected chi connectivity index (χ1v) is 10.9. The van der Waals surface area contributed by atoms with Gasteiger partial charge in [-0.3, -0.25) is 4.79 Å². The third-order valence-electron chi connectivity index (χ3n) is 4.36. The maximum Gasteiger partial charge on any atom is 0.256 e. The second-order valence-corrected chi connectivity index (χ2v) is 8.27. The molecule has 0 aliphatic rings. The number of halogens is 2. The fourth-order valence-electron chi connectivity index (χ4n) is 2.84. The van der Waals surface area contributed by atoms with E-state index in [9.17, 15) is 4.79 Å². The van der Waals surface area contributed by atoms with Crippen LogP contribution in [0.15, 0.2) is 71.6 Å². The Morgan fingerprint density at radius 3 is 2.45 bits per heavy atom. The second-order valence-electron chi connectivity index (χ2n) is 6.43. The number of hydrogen-bond donors (Lipinski definition) is 2. The number of para-hydroxylation sites is 1. The highest BCUT2D eigenvalue weighted by Crippen LogP contribution is 2.32. The van der Waals surface area contributed by atoms with E-state index < -0.39 is 0 Å². The summed E-state index contributed by atoms with van der Waals surface area (Å²) >= 11 is 13.6. The Balaban J connectivity index is 1.52. The summed E-state index contributed by atoms with van der Waals surface area (Å²) in [6, 6.07) is 20.0. The lowest BCUT2D eigenvalue weighted by Crippen LogP contribution is -2.13. The van der Waals surface area contributed by atoms with Gasteiger partial charge in [-0.25, -0.2) is 0 Å². The van der Waals surface area contributed by atoms with Crippen molar-refractivity contribution < 1.29 is 4.79 Å². The molecule has 10 heteroatoms. The molecule has 4 rings (SSSR count). The zero-order valence-corrected chi connectivity index (χ0v) is 18.3. The Morgan fingerprint density at radius 2 is 1.71 bits per heavy atom. The maximum atomic E-state index is 12.9. The summed E-state index contributed by atoms with van der Waals surface area (Å²) in [6.07, 6.45) is 0. The number of benzene rings is 3. The van der Waals surface area contributed by atoms with Crippen LogP contribution < -0.4 is 11.1 Å². The lowest BCUT2D eigenvalue weighted by molar-refractivity contribution is 0.102. The van der Waals surface area contributed by atoms with E-state index in [-0.39, 0.29) is 21.6 Å². The molecule has 0 aliphatic heterocycles. The van der Waals surface area contributed by atoms with Crippen LogP contribution >= 0.6 is 35.0 Å². The number of nitrogens with two attached hydrogens (primary N) is 1. The molecule has 0 aliphatic carbocycles. The molecule has 1 aromatic heterocycles. The van der Waals surface area contributed by atoms with Crippen molar-refractivity contribution in [1.29, 1.82) is 0 Å². The largest absolute Gasteiger partial charge is 0.396 e. The highest BCUT2D eigenvalue weighted by Gasteiger charge is 2.15. The average molecular weight is 471 g/mol. The van der Waals surface area contributed by atoms with Crippen molar-refractivity contribution in [1.82, 2.24) is 20.2 Å². The van der Waals surface area contributed by atoms with Crippen molar-refractivity contribution in [3.8, 4) is 5.69 Å². The van der Waals surface area contributed by atoms with E-state index in [1.54, 1.807) is 28.9 Å². The average Bonchev–Trinajstić information content (AvgIpc) is 3.25. The predicted octanol–water partition coefficient (Wildman–Crippen LogP) is 5.10. The molecule has 3 aromatic carbocycles. The number of anilines is 2. The van der Waals surface area contributed by atoms with Crippen LogP contribution in [0, 0.1) is 0 Å². The van der Waals surface area contributed by atoms with Gasteiger partial charge in [-0.15, -0.1) is 16.9 Å². The number of nitrogens with zero attached hydrogens (tertiary/aromatic N) is 4.